The van der Waals surface area contributed by atoms with Crippen LogP contribution < -0.4 is 11.5 Å². The summed E-state index contributed by atoms with van der Waals surface area (Å²) in [6.45, 7) is 0. The van der Waals surface area contributed by atoms with Crippen LogP contribution >= 0.6 is 0 Å². The standard InChI is InChI=1S/C4H8N2O3/c5-2(4(8)9)1-3(6)7/h2H,1,5H2,(H2,6,7)(H,8,9)/i/hD. The van der Waals surface area contributed by atoms with E-state index >= 15 is 0 Å². The number of carboxylic acids is 1. The molecule has 0 aliphatic heterocycles. The molecule has 0 fully saturated rings. The number of aliphatic carboxylic acids is 1. The van der Waals surface area contributed by atoms with Gasteiger partial charge >= 0.3 is 5.97 Å². The van der Waals surface area contributed by atoms with E-state index in [0.717, 1.165) is 0 Å². The van der Waals surface area contributed by atoms with E-state index < -0.39 is 17.9 Å². The molecule has 0 saturated heterocycles. The molecule has 1 atom stereocenters. The van der Waals surface area contributed by atoms with Crippen LogP contribution in [0.25, 0.3) is 0 Å². The van der Waals surface area contributed by atoms with Crippen LogP contribution in [0, 0.1) is 0 Å². The second-order valence-electron chi connectivity index (χ2n) is 1.56. The van der Waals surface area contributed by atoms with Crippen LogP contribution in [0.2, 0.25) is 1.41 Å². The van der Waals surface area contributed by atoms with Crippen molar-refractivity contribution < 1.29 is 16.1 Å². The molecule has 1 amide bonds. The van der Waals surface area contributed by atoms with E-state index in [0.29, 0.717) is 0 Å². The Labute approximate surface area is 53.1 Å². The summed E-state index contributed by atoms with van der Waals surface area (Å²) in [7, 11) is 0. The maximum atomic E-state index is 10.1. The van der Waals surface area contributed by atoms with Gasteiger partial charge in [-0.05, 0) is 0 Å². The van der Waals surface area contributed by atoms with Gasteiger partial charge in [-0.1, -0.05) is 0 Å². The number of nitrogens with two attached hydrogens (primary N) is 2. The van der Waals surface area contributed by atoms with Crippen molar-refractivity contribution in [1.29, 1.82) is 0 Å². The molecule has 0 saturated carbocycles. The minimum Gasteiger partial charge on any atom is -0.480 e. The molecule has 0 heterocycles. The van der Waals surface area contributed by atoms with Crippen molar-refractivity contribution in [3.05, 3.63) is 0 Å². The molecule has 0 bridgehead atoms. The Kier molecular flexibility index (Phi) is 2.03. The molecule has 0 aromatic carbocycles. The monoisotopic (exact) mass is 133 g/mol. The molecule has 9 heavy (non-hydrogen) atoms. The number of carbonyl (C=O) groups excluding carboxylic acids is 1. The van der Waals surface area contributed by atoms with Gasteiger partial charge in [-0.2, -0.15) is 0 Å². The number of hydrogen-bond donors (Lipinski definition) is 3. The Morgan fingerprint density at radius 1 is 1.78 bits per heavy atom. The molecule has 0 radical (unpaired) electrons. The van der Waals surface area contributed by atoms with Crippen molar-refractivity contribution in [2.24, 2.45) is 11.5 Å². The minimum atomic E-state index is -1.26. The van der Waals surface area contributed by atoms with Gasteiger partial charge < -0.3 is 16.6 Å². The maximum absolute atomic E-state index is 10.1. The van der Waals surface area contributed by atoms with Crippen LogP contribution in [0.4, 0.5) is 0 Å². The Morgan fingerprint density at radius 2 is 2.33 bits per heavy atom. The lowest BCUT2D eigenvalue weighted by Crippen LogP contribution is -2.34. The van der Waals surface area contributed by atoms with E-state index in [-0.39, 0.29) is 6.42 Å². The van der Waals surface area contributed by atoms with E-state index in [9.17, 15) is 9.59 Å². The van der Waals surface area contributed by atoms with E-state index in [4.69, 9.17) is 6.52 Å². The zero-order valence-corrected chi connectivity index (χ0v) is 4.63. The Balaban J connectivity index is 3.83. The normalized spacial score (nSPS) is 14.0. The van der Waals surface area contributed by atoms with Crippen molar-refractivity contribution in [1.82, 2.24) is 0 Å². The van der Waals surface area contributed by atoms with Crippen LogP contribution in [0.1, 0.15) is 6.42 Å². The highest BCUT2D eigenvalue weighted by molar-refractivity contribution is 5.82. The highest BCUT2D eigenvalue weighted by Gasteiger charge is 2.13. The minimum absolute atomic E-state index is 0.362. The van der Waals surface area contributed by atoms with Crippen molar-refractivity contribution in [3.8, 4) is 0 Å². The quantitative estimate of drug-likeness (QED) is 0.423. The summed E-state index contributed by atoms with van der Waals surface area (Å²) in [5.74, 6) is -2.00. The van der Waals surface area contributed by atoms with Crippen molar-refractivity contribution in [3.63, 3.8) is 0 Å². The summed E-state index contributed by atoms with van der Waals surface area (Å²) >= 11 is 0. The average Bonchev–Trinajstić information content (AvgIpc) is 1.81. The zero-order valence-electron chi connectivity index (χ0n) is 5.63. The molecular weight excluding hydrogens is 124 g/mol. The van der Waals surface area contributed by atoms with Gasteiger partial charge in [0.25, 0.3) is 0 Å². The first-order valence-corrected chi connectivity index (χ1v) is 2.26. The molecule has 5 heteroatoms. The van der Waals surface area contributed by atoms with E-state index in [2.05, 4.69) is 5.73 Å². The zero-order chi connectivity index (χ0) is 8.15. The number of hydrogen-bond acceptors (Lipinski definition) is 3. The summed E-state index contributed by atoms with van der Waals surface area (Å²) in [6, 6.07) is -1.20. The molecular formula is C4H8N2O3. The fourth-order valence-corrected chi connectivity index (χ4v) is 0.288. The van der Waals surface area contributed by atoms with E-state index in [1.807, 2.05) is 0 Å². The van der Waals surface area contributed by atoms with Gasteiger partial charge in [0.05, 0.1) is 6.42 Å². The lowest BCUT2D eigenvalue weighted by atomic mass is 10.2. The summed E-state index contributed by atoms with van der Waals surface area (Å²) in [5, 5.41) is 8.23. The second-order valence-corrected chi connectivity index (χ2v) is 1.56. The van der Waals surface area contributed by atoms with Crippen molar-refractivity contribution >= 4 is 11.9 Å². The molecule has 0 aliphatic rings. The van der Waals surface area contributed by atoms with Crippen LogP contribution in [0.3, 0.4) is 0 Å². The number of rotatable bonds is 4. The Morgan fingerprint density at radius 3 is 2.44 bits per heavy atom. The summed E-state index contributed by atoms with van der Waals surface area (Å²) in [4.78, 5) is 20.2. The fourth-order valence-electron chi connectivity index (χ4n) is 0.288. The van der Waals surface area contributed by atoms with Gasteiger partial charge in [-0.25, -0.2) is 0 Å². The fraction of sp³-hybridized carbons (Fsp3) is 0.500. The topological polar surface area (TPSA) is 106 Å². The highest BCUT2D eigenvalue weighted by Crippen LogP contribution is 1.84. The number of primary amides is 1. The van der Waals surface area contributed by atoms with Crippen LogP contribution in [0.5, 0.6) is 0 Å². The first kappa shape index (κ1) is 6.03. The molecule has 0 rings (SSSR count). The number of carbonyl (C=O) groups is 2. The Hall–Kier alpha value is -1.10. The third kappa shape index (κ3) is 3.48. The first-order valence-electron chi connectivity index (χ1n) is 2.76. The van der Waals surface area contributed by atoms with Gasteiger partial charge in [-0.3, -0.25) is 9.59 Å². The molecule has 0 spiro atoms. The molecule has 0 aromatic heterocycles. The van der Waals surface area contributed by atoms with E-state index in [1.165, 1.54) is 0 Å². The highest BCUT2D eigenvalue weighted by atomic mass is 16.4. The molecule has 1 unspecified atom stereocenters. The average molecular weight is 133 g/mol. The predicted octanol–water partition coefficient (Wildman–Crippen LogP) is -1.73. The summed E-state index contributed by atoms with van der Waals surface area (Å²) in [5.41, 5.74) is 6.36. The number of carboxylic acid groups (broad SMARTS) is 1. The van der Waals surface area contributed by atoms with Crippen LogP contribution in [0.15, 0.2) is 0 Å². The third-order valence-electron chi connectivity index (χ3n) is 0.703. The molecule has 5 nitrogen and oxygen atoms in total. The van der Waals surface area contributed by atoms with Crippen LogP contribution in [-0.2, 0) is 9.59 Å². The molecule has 5 N–H and O–H groups in total. The first-order chi connectivity index (χ1) is 4.57. The Bertz CT molecular complexity index is 149. The van der Waals surface area contributed by atoms with Crippen LogP contribution in [-0.4, -0.2) is 23.0 Å². The lowest BCUT2D eigenvalue weighted by molar-refractivity contribution is -0.140. The third-order valence-corrected chi connectivity index (χ3v) is 0.703. The van der Waals surface area contributed by atoms with Gasteiger partial charge in [-0.15, -0.1) is 0 Å². The van der Waals surface area contributed by atoms with Crippen molar-refractivity contribution in [2.75, 3.05) is 0 Å². The maximum Gasteiger partial charge on any atom is 0.321 e. The SMILES string of the molecule is [2H]NC(CC(N)=O)C(=O)O. The second kappa shape index (κ2) is 3.03. The summed E-state index contributed by atoms with van der Waals surface area (Å²) in [6.07, 6.45) is -0.362. The molecule has 52 valence electrons. The lowest BCUT2D eigenvalue weighted by Gasteiger charge is -1.99. The largest absolute Gasteiger partial charge is 0.480 e. The predicted molar refractivity (Wildman–Crippen MR) is 29.4 cm³/mol. The number of amides is 1. The van der Waals surface area contributed by atoms with Gasteiger partial charge in [0, 0.05) is 0 Å². The van der Waals surface area contributed by atoms with E-state index in [1.54, 1.807) is 5.73 Å². The molecule has 0 aromatic rings. The van der Waals surface area contributed by atoms with Gasteiger partial charge in [0.2, 0.25) is 5.91 Å². The smallest absolute Gasteiger partial charge is 0.321 e. The molecule has 0 aliphatic carbocycles. The van der Waals surface area contributed by atoms with Gasteiger partial charge in [0.15, 0.2) is 0 Å². The van der Waals surface area contributed by atoms with Gasteiger partial charge in [0.1, 0.15) is 7.45 Å². The van der Waals surface area contributed by atoms with Crippen molar-refractivity contribution in [2.45, 2.75) is 12.5 Å². The summed E-state index contributed by atoms with van der Waals surface area (Å²) < 4.78 is 6.45.